The fourth-order valence-corrected chi connectivity index (χ4v) is 3.29. The minimum atomic E-state index is -0.972. The second kappa shape index (κ2) is 10.3. The third kappa shape index (κ3) is 6.07. The number of guanidine groups is 1. The van der Waals surface area contributed by atoms with Crippen LogP contribution in [-0.2, 0) is 4.79 Å². The van der Waals surface area contributed by atoms with Crippen molar-refractivity contribution in [3.05, 3.63) is 84.2 Å². The van der Waals surface area contributed by atoms with Crippen molar-refractivity contribution in [1.82, 2.24) is 10.3 Å². The topological polar surface area (TPSA) is 125 Å². The summed E-state index contributed by atoms with van der Waals surface area (Å²) >= 11 is 0. The van der Waals surface area contributed by atoms with Crippen molar-refractivity contribution in [3.8, 4) is 5.75 Å². The molecule has 1 aromatic heterocycles. The van der Waals surface area contributed by atoms with Crippen molar-refractivity contribution >= 4 is 29.2 Å². The van der Waals surface area contributed by atoms with Crippen LogP contribution in [0.25, 0.3) is 0 Å². The van der Waals surface area contributed by atoms with Gasteiger partial charge in [0.05, 0.1) is 13.0 Å². The molecule has 0 spiro atoms. The number of pyridine rings is 1. The van der Waals surface area contributed by atoms with Gasteiger partial charge >= 0.3 is 5.97 Å². The van der Waals surface area contributed by atoms with Crippen molar-refractivity contribution in [2.24, 2.45) is 4.99 Å². The van der Waals surface area contributed by atoms with Gasteiger partial charge in [-0.1, -0.05) is 12.1 Å². The molecular weight excluding hydrogens is 422 g/mol. The maximum atomic E-state index is 12.7. The van der Waals surface area contributed by atoms with E-state index in [9.17, 15) is 14.7 Å². The van der Waals surface area contributed by atoms with E-state index in [2.05, 4.69) is 25.9 Å². The SMILES string of the molecule is O=C(O)CC(Oc1ccc(NC(=O)c2cccc(NC3=NCCN3)c2)cc1)c1cccnc1. The number of rotatable bonds is 8. The number of nitrogens with zero attached hydrogens (tertiary/aromatic N) is 2. The van der Waals surface area contributed by atoms with Crippen molar-refractivity contribution in [3.63, 3.8) is 0 Å². The van der Waals surface area contributed by atoms with Crippen LogP contribution < -0.4 is 20.7 Å². The summed E-state index contributed by atoms with van der Waals surface area (Å²) in [5, 5.41) is 18.3. The molecule has 3 aromatic rings. The van der Waals surface area contributed by atoms with Crippen LogP contribution in [0.5, 0.6) is 5.75 Å². The van der Waals surface area contributed by atoms with Crippen molar-refractivity contribution in [2.75, 3.05) is 23.7 Å². The smallest absolute Gasteiger partial charge is 0.307 e. The number of carbonyl (C=O) groups excluding carboxylic acids is 1. The maximum Gasteiger partial charge on any atom is 0.307 e. The number of aliphatic imine (C=N–C) groups is 1. The number of amides is 1. The summed E-state index contributed by atoms with van der Waals surface area (Å²) in [5.74, 6) is -0.0530. The molecular formula is C24H23N5O4. The standard InChI is InChI=1S/C24H23N5O4/c30-22(31)14-21(17-4-2-10-25-15-17)33-20-8-6-18(7-9-20)28-23(32)16-3-1-5-19(13-16)29-24-26-11-12-27-24/h1-10,13,15,21H,11-12,14H2,(H,28,32)(H,30,31)(H2,26,27,29). The molecule has 1 amide bonds. The highest BCUT2D eigenvalue weighted by atomic mass is 16.5. The highest BCUT2D eigenvalue weighted by molar-refractivity contribution is 6.05. The molecule has 168 valence electrons. The minimum absolute atomic E-state index is 0.198. The van der Waals surface area contributed by atoms with Crippen LogP contribution in [-0.4, -0.2) is 41.0 Å². The summed E-state index contributed by atoms with van der Waals surface area (Å²) in [6.07, 6.45) is 2.33. The molecule has 1 aliphatic rings. The largest absolute Gasteiger partial charge is 0.485 e. The Balaban J connectivity index is 1.40. The molecule has 0 aliphatic carbocycles. The lowest BCUT2D eigenvalue weighted by atomic mass is 10.1. The van der Waals surface area contributed by atoms with E-state index in [1.807, 2.05) is 6.07 Å². The van der Waals surface area contributed by atoms with Crippen molar-refractivity contribution in [1.29, 1.82) is 0 Å². The lowest BCUT2D eigenvalue weighted by molar-refractivity contribution is -0.138. The van der Waals surface area contributed by atoms with E-state index < -0.39 is 12.1 Å². The molecule has 2 heterocycles. The zero-order valence-electron chi connectivity index (χ0n) is 17.7. The zero-order valence-corrected chi connectivity index (χ0v) is 17.7. The molecule has 1 unspecified atom stereocenters. The lowest BCUT2D eigenvalue weighted by Crippen LogP contribution is -2.26. The third-order valence-electron chi connectivity index (χ3n) is 4.87. The van der Waals surface area contributed by atoms with Crippen LogP contribution in [0.3, 0.4) is 0 Å². The van der Waals surface area contributed by atoms with Gasteiger partial charge in [0.2, 0.25) is 0 Å². The summed E-state index contributed by atoms with van der Waals surface area (Å²) in [4.78, 5) is 32.2. The van der Waals surface area contributed by atoms with Gasteiger partial charge in [0.15, 0.2) is 5.96 Å². The Labute approximate surface area is 190 Å². The first-order valence-electron chi connectivity index (χ1n) is 10.4. The average molecular weight is 445 g/mol. The van der Waals surface area contributed by atoms with Gasteiger partial charge in [-0.15, -0.1) is 0 Å². The summed E-state index contributed by atoms with van der Waals surface area (Å²) in [6.45, 7) is 1.52. The molecule has 4 N–H and O–H groups in total. The van der Waals surface area contributed by atoms with Crippen LogP contribution in [0.15, 0.2) is 78.0 Å². The Morgan fingerprint density at radius 3 is 2.64 bits per heavy atom. The first kappa shape index (κ1) is 21.8. The van der Waals surface area contributed by atoms with E-state index in [1.54, 1.807) is 67.0 Å². The first-order chi connectivity index (χ1) is 16.1. The molecule has 1 atom stereocenters. The van der Waals surface area contributed by atoms with E-state index in [-0.39, 0.29) is 12.3 Å². The van der Waals surface area contributed by atoms with Crippen LogP contribution in [0.2, 0.25) is 0 Å². The van der Waals surface area contributed by atoms with Crippen LogP contribution in [0.4, 0.5) is 11.4 Å². The van der Waals surface area contributed by atoms with Gasteiger partial charge < -0.3 is 25.8 Å². The molecule has 1 aliphatic heterocycles. The second-order valence-corrected chi connectivity index (χ2v) is 7.33. The Hall–Kier alpha value is -4.40. The molecule has 0 saturated heterocycles. The highest BCUT2D eigenvalue weighted by Gasteiger charge is 2.18. The van der Waals surface area contributed by atoms with E-state index >= 15 is 0 Å². The van der Waals surface area contributed by atoms with Gasteiger partial charge in [0.1, 0.15) is 11.9 Å². The van der Waals surface area contributed by atoms with Gasteiger partial charge in [-0.3, -0.25) is 19.6 Å². The number of nitrogens with one attached hydrogen (secondary N) is 3. The molecule has 9 heteroatoms. The van der Waals surface area contributed by atoms with E-state index in [0.717, 1.165) is 18.8 Å². The lowest BCUT2D eigenvalue weighted by Gasteiger charge is -2.18. The van der Waals surface area contributed by atoms with Gasteiger partial charge in [-0.25, -0.2) is 0 Å². The van der Waals surface area contributed by atoms with E-state index in [4.69, 9.17) is 4.74 Å². The summed E-state index contributed by atoms with van der Waals surface area (Å²) in [6, 6.07) is 17.4. The number of carbonyl (C=O) groups is 2. The molecule has 0 fully saturated rings. The number of anilines is 2. The third-order valence-corrected chi connectivity index (χ3v) is 4.87. The number of carboxylic acids is 1. The number of aliphatic carboxylic acids is 1. The predicted molar refractivity (Wildman–Crippen MR) is 125 cm³/mol. The Bertz CT molecular complexity index is 1150. The van der Waals surface area contributed by atoms with Crippen molar-refractivity contribution in [2.45, 2.75) is 12.5 Å². The molecule has 0 bridgehead atoms. The summed E-state index contributed by atoms with van der Waals surface area (Å²) in [7, 11) is 0. The Morgan fingerprint density at radius 2 is 1.94 bits per heavy atom. The minimum Gasteiger partial charge on any atom is -0.485 e. The first-order valence-corrected chi connectivity index (χ1v) is 10.4. The highest BCUT2D eigenvalue weighted by Crippen LogP contribution is 2.26. The van der Waals surface area contributed by atoms with Gasteiger partial charge in [-0.05, 0) is 48.5 Å². The molecule has 9 nitrogen and oxygen atoms in total. The number of benzene rings is 2. The quantitative estimate of drug-likeness (QED) is 0.419. The number of carboxylic acid groups (broad SMARTS) is 1. The number of hydrogen-bond donors (Lipinski definition) is 4. The average Bonchev–Trinajstić information content (AvgIpc) is 3.33. The van der Waals surface area contributed by atoms with E-state index in [1.165, 1.54) is 0 Å². The second-order valence-electron chi connectivity index (χ2n) is 7.33. The number of ether oxygens (including phenoxy) is 1. The fraction of sp³-hybridized carbons (Fsp3) is 0.167. The number of aromatic nitrogens is 1. The van der Waals surface area contributed by atoms with Gasteiger partial charge in [-0.2, -0.15) is 0 Å². The van der Waals surface area contributed by atoms with Crippen molar-refractivity contribution < 1.29 is 19.4 Å². The zero-order chi connectivity index (χ0) is 23.0. The van der Waals surface area contributed by atoms with Crippen LogP contribution in [0.1, 0.15) is 28.4 Å². The van der Waals surface area contributed by atoms with Gasteiger partial charge in [0.25, 0.3) is 5.91 Å². The molecule has 33 heavy (non-hydrogen) atoms. The maximum absolute atomic E-state index is 12.7. The summed E-state index contributed by atoms with van der Waals surface area (Å²) < 4.78 is 5.88. The Kier molecular flexibility index (Phi) is 6.79. The molecule has 4 rings (SSSR count). The van der Waals surface area contributed by atoms with Gasteiger partial charge in [0, 0.05) is 41.4 Å². The number of hydrogen-bond acceptors (Lipinski definition) is 7. The molecule has 2 aromatic carbocycles. The normalized spacial score (nSPS) is 13.4. The van der Waals surface area contributed by atoms with Crippen LogP contribution in [0, 0.1) is 0 Å². The molecule has 0 saturated carbocycles. The summed E-state index contributed by atoms with van der Waals surface area (Å²) in [5.41, 5.74) is 2.52. The Morgan fingerprint density at radius 1 is 1.09 bits per heavy atom. The van der Waals surface area contributed by atoms with Crippen LogP contribution >= 0.6 is 0 Å². The fourth-order valence-electron chi connectivity index (χ4n) is 3.29. The predicted octanol–water partition coefficient (Wildman–Crippen LogP) is 3.30. The van der Waals surface area contributed by atoms with E-state index in [0.29, 0.717) is 28.5 Å². The molecule has 0 radical (unpaired) electrons. The monoisotopic (exact) mass is 445 g/mol.